The monoisotopic (exact) mass is 385 g/mol. The molecule has 0 atom stereocenters. The topological polar surface area (TPSA) is 84.1 Å². The minimum atomic E-state index is -0.233. The van der Waals surface area contributed by atoms with Gasteiger partial charge in [0.25, 0.3) is 11.5 Å². The summed E-state index contributed by atoms with van der Waals surface area (Å²) >= 11 is 0. The number of rotatable bonds is 6. The molecule has 0 bridgehead atoms. The minimum Gasteiger partial charge on any atom is -0.483 e. The lowest BCUT2D eigenvalue weighted by molar-refractivity contribution is -0.123. The molecule has 4 rings (SSSR count). The molecule has 0 unspecified atom stereocenters. The van der Waals surface area contributed by atoms with Crippen molar-refractivity contribution in [2.45, 2.75) is 6.54 Å². The molecule has 0 aliphatic rings. The Bertz CT molecular complexity index is 1200. The lowest BCUT2D eigenvalue weighted by Gasteiger charge is -2.11. The molecular weight excluding hydrogens is 366 g/mol. The predicted octanol–water partition coefficient (Wildman–Crippen LogP) is 3.29. The van der Waals surface area contributed by atoms with Gasteiger partial charge in [-0.15, -0.1) is 0 Å². The second-order valence-corrected chi connectivity index (χ2v) is 6.48. The Morgan fingerprint density at radius 1 is 0.931 bits per heavy atom. The van der Waals surface area contributed by atoms with Crippen LogP contribution in [0.2, 0.25) is 0 Å². The molecule has 0 radical (unpaired) electrons. The van der Waals surface area contributed by atoms with E-state index in [4.69, 9.17) is 4.74 Å². The smallest absolute Gasteiger partial charge is 0.259 e. The molecule has 0 aliphatic heterocycles. The highest BCUT2D eigenvalue weighted by atomic mass is 16.5. The number of hydrogen-bond acceptors (Lipinski definition) is 4. The molecule has 0 spiro atoms. The van der Waals surface area contributed by atoms with Gasteiger partial charge in [-0.05, 0) is 29.8 Å². The molecule has 0 saturated heterocycles. The number of nitrogens with one attached hydrogen (secondary N) is 2. The van der Waals surface area contributed by atoms with Crippen LogP contribution >= 0.6 is 0 Å². The van der Waals surface area contributed by atoms with Crippen molar-refractivity contribution in [1.82, 2.24) is 15.3 Å². The van der Waals surface area contributed by atoms with Gasteiger partial charge in [0.05, 0.1) is 16.5 Å². The summed E-state index contributed by atoms with van der Waals surface area (Å²) in [5, 5.41) is 3.35. The maximum Gasteiger partial charge on any atom is 0.259 e. The Morgan fingerprint density at radius 2 is 1.66 bits per heavy atom. The Labute approximate surface area is 167 Å². The van der Waals surface area contributed by atoms with Crippen molar-refractivity contribution in [2.24, 2.45) is 0 Å². The average Bonchev–Trinajstić information content (AvgIpc) is 2.77. The van der Waals surface area contributed by atoms with E-state index in [-0.39, 0.29) is 18.1 Å². The van der Waals surface area contributed by atoms with Gasteiger partial charge < -0.3 is 15.0 Å². The van der Waals surface area contributed by atoms with Crippen molar-refractivity contribution in [3.63, 3.8) is 0 Å². The van der Waals surface area contributed by atoms with Crippen molar-refractivity contribution in [2.75, 3.05) is 6.61 Å². The maximum atomic E-state index is 12.4. The van der Waals surface area contributed by atoms with E-state index in [0.29, 0.717) is 34.6 Å². The van der Waals surface area contributed by atoms with Gasteiger partial charge in [0.15, 0.2) is 6.61 Å². The van der Waals surface area contributed by atoms with Crippen LogP contribution in [0.25, 0.3) is 22.3 Å². The molecule has 144 valence electrons. The molecule has 6 heteroatoms. The Kier molecular flexibility index (Phi) is 5.33. The number of carbonyl (C=O) groups is 1. The first-order valence-corrected chi connectivity index (χ1v) is 9.22. The second-order valence-electron chi connectivity index (χ2n) is 6.48. The van der Waals surface area contributed by atoms with Crippen molar-refractivity contribution in [3.8, 4) is 17.1 Å². The van der Waals surface area contributed by atoms with E-state index >= 15 is 0 Å². The number of nitrogens with zero attached hydrogens (tertiary/aromatic N) is 1. The SMILES string of the molecule is O=C(COc1ccccc1-c1nc2ccccc2c(=O)[nH]1)NCc1ccccc1. The van der Waals surface area contributed by atoms with Crippen LogP contribution in [-0.4, -0.2) is 22.5 Å². The second kappa shape index (κ2) is 8.39. The summed E-state index contributed by atoms with van der Waals surface area (Å²) in [5.74, 6) is 0.637. The molecule has 0 saturated carbocycles. The summed E-state index contributed by atoms with van der Waals surface area (Å²) < 4.78 is 5.72. The summed E-state index contributed by atoms with van der Waals surface area (Å²) in [6.07, 6.45) is 0. The van der Waals surface area contributed by atoms with Crippen LogP contribution in [0.5, 0.6) is 5.75 Å². The highest BCUT2D eigenvalue weighted by Gasteiger charge is 2.12. The third kappa shape index (κ3) is 4.32. The van der Waals surface area contributed by atoms with Crippen molar-refractivity contribution >= 4 is 16.8 Å². The zero-order valence-corrected chi connectivity index (χ0v) is 15.6. The summed E-state index contributed by atoms with van der Waals surface area (Å²) in [7, 11) is 0. The normalized spacial score (nSPS) is 10.6. The first-order chi connectivity index (χ1) is 14.2. The van der Waals surface area contributed by atoms with Crippen LogP contribution in [-0.2, 0) is 11.3 Å². The van der Waals surface area contributed by atoms with E-state index in [9.17, 15) is 9.59 Å². The number of fused-ring (bicyclic) bond motifs is 1. The van der Waals surface area contributed by atoms with Crippen LogP contribution in [0.3, 0.4) is 0 Å². The first-order valence-electron chi connectivity index (χ1n) is 9.22. The Morgan fingerprint density at radius 3 is 2.52 bits per heavy atom. The summed E-state index contributed by atoms with van der Waals surface area (Å²) in [4.78, 5) is 31.9. The van der Waals surface area contributed by atoms with Gasteiger partial charge in [0.2, 0.25) is 0 Å². The molecule has 0 aliphatic carbocycles. The predicted molar refractivity (Wildman–Crippen MR) is 112 cm³/mol. The fourth-order valence-electron chi connectivity index (χ4n) is 2.99. The summed E-state index contributed by atoms with van der Waals surface area (Å²) in [5.41, 5.74) is 2.01. The van der Waals surface area contributed by atoms with Crippen LogP contribution in [0.15, 0.2) is 83.7 Å². The maximum absolute atomic E-state index is 12.4. The van der Waals surface area contributed by atoms with Gasteiger partial charge in [-0.3, -0.25) is 9.59 Å². The molecular formula is C23H19N3O3. The molecule has 29 heavy (non-hydrogen) atoms. The third-order valence-electron chi connectivity index (χ3n) is 4.45. The van der Waals surface area contributed by atoms with Crippen LogP contribution in [0.4, 0.5) is 0 Å². The number of carbonyl (C=O) groups excluding carboxylic acids is 1. The quantitative estimate of drug-likeness (QED) is 0.533. The molecule has 0 fully saturated rings. The molecule has 1 amide bonds. The van der Waals surface area contributed by atoms with Crippen LogP contribution in [0.1, 0.15) is 5.56 Å². The van der Waals surface area contributed by atoms with E-state index in [1.807, 2.05) is 42.5 Å². The van der Waals surface area contributed by atoms with Crippen molar-refractivity contribution < 1.29 is 9.53 Å². The van der Waals surface area contributed by atoms with E-state index in [1.165, 1.54) is 0 Å². The lowest BCUT2D eigenvalue weighted by Crippen LogP contribution is -2.28. The molecule has 6 nitrogen and oxygen atoms in total. The lowest BCUT2D eigenvalue weighted by atomic mass is 10.1. The van der Waals surface area contributed by atoms with Crippen LogP contribution < -0.4 is 15.6 Å². The molecule has 1 aromatic heterocycles. The van der Waals surface area contributed by atoms with E-state index < -0.39 is 0 Å². The zero-order chi connectivity index (χ0) is 20.1. The highest BCUT2D eigenvalue weighted by molar-refractivity contribution is 5.80. The van der Waals surface area contributed by atoms with Crippen molar-refractivity contribution in [1.29, 1.82) is 0 Å². The number of para-hydroxylation sites is 2. The van der Waals surface area contributed by atoms with E-state index in [0.717, 1.165) is 5.56 Å². The number of benzene rings is 3. The molecule has 1 heterocycles. The van der Waals surface area contributed by atoms with Gasteiger partial charge in [-0.1, -0.05) is 54.6 Å². The van der Waals surface area contributed by atoms with Gasteiger partial charge in [-0.2, -0.15) is 0 Å². The highest BCUT2D eigenvalue weighted by Crippen LogP contribution is 2.27. The molecule has 4 aromatic rings. The minimum absolute atomic E-state index is 0.137. The number of hydrogen-bond donors (Lipinski definition) is 2. The van der Waals surface area contributed by atoms with Crippen LogP contribution in [0, 0.1) is 0 Å². The van der Waals surface area contributed by atoms with E-state index in [1.54, 1.807) is 36.4 Å². The fourth-order valence-corrected chi connectivity index (χ4v) is 2.99. The van der Waals surface area contributed by atoms with Gasteiger partial charge in [0, 0.05) is 6.54 Å². The van der Waals surface area contributed by atoms with Gasteiger partial charge in [-0.25, -0.2) is 4.98 Å². The standard InChI is InChI=1S/C23H19N3O3/c27-21(24-14-16-8-2-1-3-9-16)15-29-20-13-7-5-11-18(20)22-25-19-12-6-4-10-17(19)23(28)26-22/h1-13H,14-15H2,(H,24,27)(H,25,26,28). The number of aromatic amines is 1. The number of aromatic nitrogens is 2. The first kappa shape index (κ1) is 18.4. The van der Waals surface area contributed by atoms with Gasteiger partial charge >= 0.3 is 0 Å². The summed E-state index contributed by atoms with van der Waals surface area (Å²) in [6, 6.07) is 24.0. The zero-order valence-electron chi connectivity index (χ0n) is 15.6. The Hall–Kier alpha value is -3.93. The van der Waals surface area contributed by atoms with Crippen molar-refractivity contribution in [3.05, 3.63) is 94.8 Å². The van der Waals surface area contributed by atoms with Gasteiger partial charge in [0.1, 0.15) is 11.6 Å². The van der Waals surface area contributed by atoms with E-state index in [2.05, 4.69) is 15.3 Å². The number of amides is 1. The number of H-pyrrole nitrogens is 1. The fraction of sp³-hybridized carbons (Fsp3) is 0.0870. The number of ether oxygens (including phenoxy) is 1. The Balaban J connectivity index is 1.50. The summed E-state index contributed by atoms with van der Waals surface area (Å²) in [6.45, 7) is 0.298. The molecule has 3 aromatic carbocycles. The largest absolute Gasteiger partial charge is 0.483 e. The average molecular weight is 385 g/mol. The molecule has 2 N–H and O–H groups in total. The third-order valence-corrected chi connectivity index (χ3v) is 4.45.